The molecule has 6 nitrogen and oxygen atoms in total. The molecule has 3 heterocycles. The van der Waals surface area contributed by atoms with Crippen molar-refractivity contribution in [2.75, 3.05) is 18.0 Å². The van der Waals surface area contributed by atoms with Crippen LogP contribution >= 0.6 is 0 Å². The van der Waals surface area contributed by atoms with E-state index in [1.54, 1.807) is 18.5 Å². The van der Waals surface area contributed by atoms with Crippen LogP contribution in [0.2, 0.25) is 0 Å². The van der Waals surface area contributed by atoms with Crippen LogP contribution in [-0.2, 0) is 6.42 Å². The topological polar surface area (TPSA) is 85.2 Å². The van der Waals surface area contributed by atoms with Crippen LogP contribution in [-0.4, -0.2) is 34.9 Å². The number of rotatable bonds is 5. The van der Waals surface area contributed by atoms with Crippen LogP contribution in [0.3, 0.4) is 0 Å². The van der Waals surface area contributed by atoms with Gasteiger partial charge in [0.25, 0.3) is 0 Å². The predicted molar refractivity (Wildman–Crippen MR) is 112 cm³/mol. The standard InChI is InChI=1S/C23H20N4O2/c24-20-12-27(13-20)23-10-17(5-6-26-23)21(28)8-15-1-2-16-3-4-18(9-19(16)7-15)22-11-25-14-29-22/h1-7,9-11,14,20H,8,12-13,24H2. The molecule has 0 spiro atoms. The van der Waals surface area contributed by atoms with Crippen LogP contribution in [0.4, 0.5) is 5.82 Å². The largest absolute Gasteiger partial charge is 0.444 e. The third-order valence-corrected chi connectivity index (χ3v) is 5.29. The molecule has 2 aromatic heterocycles. The molecule has 1 fully saturated rings. The molecule has 0 atom stereocenters. The lowest BCUT2D eigenvalue weighted by Crippen LogP contribution is -2.56. The number of hydrogen-bond acceptors (Lipinski definition) is 6. The zero-order valence-corrected chi connectivity index (χ0v) is 15.8. The number of aromatic nitrogens is 2. The first-order chi connectivity index (χ1) is 14.2. The summed E-state index contributed by atoms with van der Waals surface area (Å²) >= 11 is 0. The average Bonchev–Trinajstić information content (AvgIpc) is 3.26. The van der Waals surface area contributed by atoms with Gasteiger partial charge >= 0.3 is 0 Å². The maximum absolute atomic E-state index is 12.9. The highest BCUT2D eigenvalue weighted by atomic mass is 16.3. The van der Waals surface area contributed by atoms with Crippen molar-refractivity contribution in [3.8, 4) is 11.3 Å². The molecular formula is C23H20N4O2. The van der Waals surface area contributed by atoms with Gasteiger partial charge in [0.15, 0.2) is 17.9 Å². The van der Waals surface area contributed by atoms with Crippen molar-refractivity contribution in [3.63, 3.8) is 0 Å². The molecule has 5 rings (SSSR count). The van der Waals surface area contributed by atoms with E-state index >= 15 is 0 Å². The minimum atomic E-state index is 0.0733. The van der Waals surface area contributed by atoms with Crippen molar-refractivity contribution < 1.29 is 9.21 Å². The quantitative estimate of drug-likeness (QED) is 0.531. The molecule has 0 aliphatic carbocycles. The average molecular weight is 384 g/mol. The fraction of sp³-hybridized carbons (Fsp3) is 0.174. The summed E-state index contributed by atoms with van der Waals surface area (Å²) in [7, 11) is 0. The van der Waals surface area contributed by atoms with Crippen LogP contribution in [0, 0.1) is 0 Å². The summed E-state index contributed by atoms with van der Waals surface area (Å²) in [5.41, 5.74) is 8.46. The number of nitrogens with zero attached hydrogens (tertiary/aromatic N) is 3. The van der Waals surface area contributed by atoms with Gasteiger partial charge in [-0.05, 0) is 34.5 Å². The molecule has 0 radical (unpaired) electrons. The van der Waals surface area contributed by atoms with Gasteiger partial charge in [-0.25, -0.2) is 9.97 Å². The Morgan fingerprint density at radius 2 is 1.97 bits per heavy atom. The highest BCUT2D eigenvalue weighted by Gasteiger charge is 2.24. The Balaban J connectivity index is 1.38. The van der Waals surface area contributed by atoms with Crippen molar-refractivity contribution >= 4 is 22.4 Å². The Kier molecular flexibility index (Phi) is 4.33. The van der Waals surface area contributed by atoms with E-state index < -0.39 is 0 Å². The van der Waals surface area contributed by atoms with Gasteiger partial charge in [-0.2, -0.15) is 0 Å². The lowest BCUT2D eigenvalue weighted by molar-refractivity contribution is 0.0993. The van der Waals surface area contributed by atoms with Gasteiger partial charge < -0.3 is 15.1 Å². The summed E-state index contributed by atoms with van der Waals surface area (Å²) in [5.74, 6) is 1.61. The smallest absolute Gasteiger partial charge is 0.181 e. The van der Waals surface area contributed by atoms with Gasteiger partial charge in [-0.3, -0.25) is 4.79 Å². The first-order valence-corrected chi connectivity index (χ1v) is 9.57. The molecule has 2 N–H and O–H groups in total. The van der Waals surface area contributed by atoms with Gasteiger partial charge in [0.2, 0.25) is 0 Å². The molecule has 0 unspecified atom stereocenters. The number of oxazole rings is 1. The Morgan fingerprint density at radius 3 is 2.76 bits per heavy atom. The Labute approximate surface area is 168 Å². The number of benzene rings is 2. The molecule has 0 saturated carbocycles. The number of anilines is 1. The lowest BCUT2D eigenvalue weighted by atomic mass is 9.99. The minimum Gasteiger partial charge on any atom is -0.444 e. The number of Topliss-reactive ketones (excluding diaryl/α,β-unsaturated/α-hetero) is 1. The second-order valence-corrected chi connectivity index (χ2v) is 7.43. The monoisotopic (exact) mass is 384 g/mol. The van der Waals surface area contributed by atoms with Crippen molar-refractivity contribution in [2.45, 2.75) is 12.5 Å². The summed E-state index contributed by atoms with van der Waals surface area (Å²) in [4.78, 5) is 23.3. The van der Waals surface area contributed by atoms with Gasteiger partial charge in [0.1, 0.15) is 5.82 Å². The highest BCUT2D eigenvalue weighted by Crippen LogP contribution is 2.26. The third kappa shape index (κ3) is 3.50. The van der Waals surface area contributed by atoms with Crippen LogP contribution in [0.1, 0.15) is 15.9 Å². The number of carbonyl (C=O) groups is 1. The van der Waals surface area contributed by atoms with Crippen LogP contribution in [0.5, 0.6) is 0 Å². The molecule has 29 heavy (non-hydrogen) atoms. The first-order valence-electron chi connectivity index (χ1n) is 9.57. The molecular weight excluding hydrogens is 364 g/mol. The van der Waals surface area contributed by atoms with Crippen molar-refractivity contribution in [2.24, 2.45) is 5.73 Å². The lowest BCUT2D eigenvalue weighted by Gasteiger charge is -2.37. The van der Waals surface area contributed by atoms with Gasteiger partial charge in [-0.1, -0.05) is 30.3 Å². The van der Waals surface area contributed by atoms with Crippen molar-refractivity contribution in [3.05, 3.63) is 78.4 Å². The molecule has 0 amide bonds. The zero-order chi connectivity index (χ0) is 19.8. The van der Waals surface area contributed by atoms with Crippen LogP contribution < -0.4 is 10.6 Å². The molecule has 1 saturated heterocycles. The maximum atomic E-state index is 12.9. The minimum absolute atomic E-state index is 0.0733. The summed E-state index contributed by atoms with van der Waals surface area (Å²) in [5, 5.41) is 2.18. The molecule has 2 aromatic carbocycles. The second-order valence-electron chi connectivity index (χ2n) is 7.43. The maximum Gasteiger partial charge on any atom is 0.181 e. The predicted octanol–water partition coefficient (Wildman–Crippen LogP) is 3.46. The van der Waals surface area contributed by atoms with Crippen LogP contribution in [0.15, 0.2) is 71.7 Å². The number of pyridine rings is 1. The normalized spacial score (nSPS) is 14.2. The van der Waals surface area contributed by atoms with E-state index in [0.29, 0.717) is 12.0 Å². The van der Waals surface area contributed by atoms with E-state index in [4.69, 9.17) is 10.2 Å². The number of fused-ring (bicyclic) bond motifs is 1. The zero-order valence-electron chi connectivity index (χ0n) is 15.8. The van der Waals surface area contributed by atoms with E-state index in [2.05, 4.69) is 27.0 Å². The number of carbonyl (C=O) groups excluding carboxylic acids is 1. The molecule has 1 aliphatic heterocycles. The van der Waals surface area contributed by atoms with E-state index in [0.717, 1.165) is 46.6 Å². The first kappa shape index (κ1) is 17.6. The third-order valence-electron chi connectivity index (χ3n) is 5.29. The van der Waals surface area contributed by atoms with Gasteiger partial charge in [0, 0.05) is 42.9 Å². The molecule has 4 aromatic rings. The van der Waals surface area contributed by atoms with E-state index in [9.17, 15) is 4.79 Å². The summed E-state index contributed by atoms with van der Waals surface area (Å²) in [6.07, 6.45) is 5.15. The molecule has 144 valence electrons. The second kappa shape index (κ2) is 7.14. The molecule has 0 bridgehead atoms. The van der Waals surface area contributed by atoms with E-state index in [1.165, 1.54) is 6.39 Å². The SMILES string of the molecule is NC1CN(c2cc(C(=O)Cc3ccc4ccc(-c5cnco5)cc4c3)ccn2)C1. The Hall–Kier alpha value is -3.51. The summed E-state index contributed by atoms with van der Waals surface area (Å²) in [6, 6.07) is 16.0. The van der Waals surface area contributed by atoms with Crippen molar-refractivity contribution in [1.29, 1.82) is 0 Å². The number of ketones is 1. The Bertz CT molecular complexity index is 1180. The number of hydrogen-bond donors (Lipinski definition) is 1. The van der Waals surface area contributed by atoms with Gasteiger partial charge in [-0.15, -0.1) is 0 Å². The molecule has 1 aliphatic rings. The van der Waals surface area contributed by atoms with Crippen LogP contribution in [0.25, 0.3) is 22.1 Å². The van der Waals surface area contributed by atoms with Crippen molar-refractivity contribution in [1.82, 2.24) is 9.97 Å². The summed E-state index contributed by atoms with van der Waals surface area (Å²) < 4.78 is 5.39. The number of nitrogens with two attached hydrogens (primary N) is 1. The summed E-state index contributed by atoms with van der Waals surface area (Å²) in [6.45, 7) is 1.56. The molecule has 6 heteroatoms. The Morgan fingerprint density at radius 1 is 1.10 bits per heavy atom. The van der Waals surface area contributed by atoms with E-state index in [-0.39, 0.29) is 11.8 Å². The fourth-order valence-corrected chi connectivity index (χ4v) is 3.67. The van der Waals surface area contributed by atoms with E-state index in [1.807, 2.05) is 30.3 Å². The fourth-order valence-electron chi connectivity index (χ4n) is 3.67. The van der Waals surface area contributed by atoms with Gasteiger partial charge in [0.05, 0.1) is 6.20 Å². The highest BCUT2D eigenvalue weighted by molar-refractivity contribution is 5.98.